The predicted molar refractivity (Wildman–Crippen MR) is 161 cm³/mol. The molecule has 5 rings (SSSR count). The molecule has 5 nitrogen and oxygen atoms in total. The highest BCUT2D eigenvalue weighted by molar-refractivity contribution is 7.92. The monoisotopic (exact) mass is 572 g/mol. The molecule has 0 heterocycles. The summed E-state index contributed by atoms with van der Waals surface area (Å²) in [6, 6.07) is 26.8. The molecule has 0 saturated carbocycles. The molecule has 0 saturated heterocycles. The van der Waals surface area contributed by atoms with Gasteiger partial charge in [0.1, 0.15) is 0 Å². The first-order valence-electron chi connectivity index (χ1n) is 13.6. The molecule has 1 aliphatic carbocycles. The van der Waals surface area contributed by atoms with Crippen LogP contribution in [0.1, 0.15) is 64.0 Å². The number of amides is 1. The molecule has 0 bridgehead atoms. The molecule has 0 fully saturated rings. The van der Waals surface area contributed by atoms with E-state index in [1.54, 1.807) is 72.8 Å². The van der Waals surface area contributed by atoms with Crippen LogP contribution in [0.25, 0.3) is 0 Å². The van der Waals surface area contributed by atoms with Crippen LogP contribution in [0.5, 0.6) is 0 Å². The van der Waals surface area contributed by atoms with Crippen LogP contribution in [-0.4, -0.2) is 14.3 Å². The Morgan fingerprint density at radius 1 is 0.900 bits per heavy atom. The van der Waals surface area contributed by atoms with E-state index in [1.165, 1.54) is 28.3 Å². The summed E-state index contributed by atoms with van der Waals surface area (Å²) in [5, 5.41) is 3.67. The Kier molecular flexibility index (Phi) is 8.29. The number of fused-ring (bicyclic) bond motifs is 1. The van der Waals surface area contributed by atoms with E-state index in [4.69, 9.17) is 11.6 Å². The van der Waals surface area contributed by atoms with Crippen LogP contribution in [0.4, 0.5) is 5.69 Å². The normalized spacial score (nSPS) is 13.8. The molecule has 206 valence electrons. The molecule has 1 atom stereocenters. The molecule has 7 heteroatoms. The number of rotatable bonds is 8. The molecule has 1 unspecified atom stereocenters. The summed E-state index contributed by atoms with van der Waals surface area (Å²) in [7, 11) is -4.01. The molecule has 4 aromatic rings. The van der Waals surface area contributed by atoms with E-state index in [9.17, 15) is 13.2 Å². The highest BCUT2D eigenvalue weighted by Gasteiger charge is 2.29. The molecular formula is C33H33ClN2O3S. The first-order chi connectivity index (χ1) is 19.2. The zero-order chi connectivity index (χ0) is 28.3. The first kappa shape index (κ1) is 27.9. The Morgan fingerprint density at radius 3 is 2.30 bits per heavy atom. The van der Waals surface area contributed by atoms with Gasteiger partial charge in [-0.15, -0.1) is 0 Å². The highest BCUT2D eigenvalue weighted by atomic mass is 35.5. The quantitative estimate of drug-likeness (QED) is 0.239. The fourth-order valence-electron chi connectivity index (χ4n) is 5.16. The topological polar surface area (TPSA) is 66.5 Å². The standard InChI is InChI=1S/C33H33ClN2O3S/c1-23-11-19-30(20-12-23)40(38,39)36(22-25-13-17-29(34)18-14-25)32-10-6-5-9-31(32)33(37)35-24(2)27-16-15-26-7-3-4-8-28(26)21-27/h5-6,9-21,24H,3-4,7-8,22H2,1-2H3,(H,35,37). The van der Waals surface area contributed by atoms with E-state index in [2.05, 4.69) is 23.5 Å². The van der Waals surface area contributed by atoms with Crippen molar-refractivity contribution in [1.29, 1.82) is 0 Å². The van der Waals surface area contributed by atoms with Crippen LogP contribution >= 0.6 is 11.6 Å². The number of nitrogens with zero attached hydrogens (tertiary/aromatic N) is 1. The number of para-hydroxylation sites is 1. The zero-order valence-electron chi connectivity index (χ0n) is 22.7. The Morgan fingerprint density at radius 2 is 1.57 bits per heavy atom. The van der Waals surface area contributed by atoms with E-state index in [-0.39, 0.29) is 29.0 Å². The summed E-state index contributed by atoms with van der Waals surface area (Å²) < 4.78 is 29.4. The fourth-order valence-corrected chi connectivity index (χ4v) is 6.75. The number of nitrogens with one attached hydrogen (secondary N) is 1. The van der Waals surface area contributed by atoms with Gasteiger partial charge in [-0.1, -0.05) is 71.8 Å². The maximum Gasteiger partial charge on any atom is 0.264 e. The van der Waals surface area contributed by atoms with Crippen molar-refractivity contribution in [2.75, 3.05) is 4.31 Å². The molecule has 1 aliphatic rings. The minimum atomic E-state index is -4.01. The SMILES string of the molecule is Cc1ccc(S(=O)(=O)N(Cc2ccc(Cl)cc2)c2ccccc2C(=O)NC(C)c2ccc3c(c2)CCCC3)cc1. The molecule has 0 spiro atoms. The average Bonchev–Trinajstić information content (AvgIpc) is 2.96. The summed E-state index contributed by atoms with van der Waals surface area (Å²) in [5.74, 6) is -0.332. The first-order valence-corrected chi connectivity index (χ1v) is 15.4. The molecule has 1 N–H and O–H groups in total. The van der Waals surface area contributed by atoms with Gasteiger partial charge in [0.05, 0.1) is 28.7 Å². The maximum atomic E-state index is 14.0. The predicted octanol–water partition coefficient (Wildman–Crippen LogP) is 7.41. The van der Waals surface area contributed by atoms with Gasteiger partial charge in [0.25, 0.3) is 15.9 Å². The number of carbonyl (C=O) groups excluding carboxylic acids is 1. The molecule has 0 radical (unpaired) electrons. The molecule has 4 aromatic carbocycles. The smallest absolute Gasteiger partial charge is 0.264 e. The van der Waals surface area contributed by atoms with Crippen LogP contribution in [0, 0.1) is 6.92 Å². The van der Waals surface area contributed by atoms with Crippen LogP contribution in [0.2, 0.25) is 5.02 Å². The molecule has 0 aliphatic heterocycles. The van der Waals surface area contributed by atoms with Gasteiger partial charge in [0.2, 0.25) is 0 Å². The number of hydrogen-bond acceptors (Lipinski definition) is 3. The van der Waals surface area contributed by atoms with Crippen molar-refractivity contribution in [2.45, 2.75) is 57.0 Å². The number of halogens is 1. The van der Waals surface area contributed by atoms with E-state index in [1.807, 2.05) is 13.8 Å². The van der Waals surface area contributed by atoms with Gasteiger partial charge in [-0.3, -0.25) is 9.10 Å². The van der Waals surface area contributed by atoms with Crippen LogP contribution in [-0.2, 0) is 29.4 Å². The van der Waals surface area contributed by atoms with Crippen LogP contribution in [0.3, 0.4) is 0 Å². The number of anilines is 1. The minimum absolute atomic E-state index is 0.0397. The number of aryl methyl sites for hydroxylation is 3. The van der Waals surface area contributed by atoms with Gasteiger partial charge in [-0.2, -0.15) is 0 Å². The highest BCUT2D eigenvalue weighted by Crippen LogP contribution is 2.31. The Balaban J connectivity index is 1.49. The van der Waals surface area contributed by atoms with E-state index in [0.717, 1.165) is 29.5 Å². The number of sulfonamides is 1. The number of hydrogen-bond donors (Lipinski definition) is 1. The summed E-state index contributed by atoms with van der Waals surface area (Å²) in [5.41, 5.74) is 6.08. The lowest BCUT2D eigenvalue weighted by Crippen LogP contribution is -2.34. The van der Waals surface area contributed by atoms with Gasteiger partial charge in [0, 0.05) is 5.02 Å². The van der Waals surface area contributed by atoms with Crippen LogP contribution in [0.15, 0.2) is 95.9 Å². The van der Waals surface area contributed by atoms with Crippen molar-refractivity contribution in [1.82, 2.24) is 5.32 Å². The van der Waals surface area contributed by atoms with Gasteiger partial charge < -0.3 is 5.32 Å². The fraction of sp³-hybridized carbons (Fsp3) is 0.242. The molecular weight excluding hydrogens is 540 g/mol. The number of carbonyl (C=O) groups is 1. The van der Waals surface area contributed by atoms with Crippen molar-refractivity contribution in [3.63, 3.8) is 0 Å². The van der Waals surface area contributed by atoms with Gasteiger partial charge in [-0.25, -0.2) is 8.42 Å². The molecule has 1 amide bonds. The average molecular weight is 573 g/mol. The number of benzene rings is 4. The lowest BCUT2D eigenvalue weighted by Gasteiger charge is -2.27. The van der Waals surface area contributed by atoms with Crippen molar-refractivity contribution >= 4 is 33.2 Å². The largest absolute Gasteiger partial charge is 0.345 e. The van der Waals surface area contributed by atoms with Gasteiger partial charge in [0.15, 0.2) is 0 Å². The lowest BCUT2D eigenvalue weighted by molar-refractivity contribution is 0.0940. The summed E-state index contributed by atoms with van der Waals surface area (Å²) >= 11 is 6.09. The van der Waals surface area contributed by atoms with E-state index >= 15 is 0 Å². The summed E-state index contributed by atoms with van der Waals surface area (Å²) in [6.07, 6.45) is 4.56. The van der Waals surface area contributed by atoms with Crippen LogP contribution < -0.4 is 9.62 Å². The maximum absolute atomic E-state index is 14.0. The summed E-state index contributed by atoms with van der Waals surface area (Å²) in [6.45, 7) is 3.91. The third-order valence-electron chi connectivity index (χ3n) is 7.49. The van der Waals surface area contributed by atoms with E-state index in [0.29, 0.717) is 10.7 Å². The zero-order valence-corrected chi connectivity index (χ0v) is 24.3. The Labute approximate surface area is 241 Å². The molecule has 40 heavy (non-hydrogen) atoms. The Hall–Kier alpha value is -3.61. The second-order valence-corrected chi connectivity index (χ2v) is 12.7. The van der Waals surface area contributed by atoms with Gasteiger partial charge >= 0.3 is 0 Å². The van der Waals surface area contributed by atoms with Crippen molar-refractivity contribution in [3.8, 4) is 0 Å². The summed E-state index contributed by atoms with van der Waals surface area (Å²) in [4.78, 5) is 13.9. The second-order valence-electron chi connectivity index (χ2n) is 10.4. The van der Waals surface area contributed by atoms with Crippen molar-refractivity contribution in [3.05, 3.63) is 129 Å². The van der Waals surface area contributed by atoms with Crippen molar-refractivity contribution < 1.29 is 13.2 Å². The third kappa shape index (κ3) is 6.08. The van der Waals surface area contributed by atoms with Crippen molar-refractivity contribution in [2.24, 2.45) is 0 Å². The third-order valence-corrected chi connectivity index (χ3v) is 9.51. The van der Waals surface area contributed by atoms with E-state index < -0.39 is 10.0 Å². The minimum Gasteiger partial charge on any atom is -0.345 e. The Bertz CT molecular complexity index is 1620. The second kappa shape index (κ2) is 11.9. The molecule has 0 aromatic heterocycles. The lowest BCUT2D eigenvalue weighted by atomic mass is 9.89. The van der Waals surface area contributed by atoms with Gasteiger partial charge in [-0.05, 0) is 98.2 Å².